The number of aryl methyl sites for hydroxylation is 1. The van der Waals surface area contributed by atoms with Crippen LogP contribution < -0.4 is 0 Å². The predicted molar refractivity (Wildman–Crippen MR) is 98.3 cm³/mol. The smallest absolute Gasteiger partial charge is 0.100 e. The number of hydrogen-bond acceptors (Lipinski definition) is 5. The lowest BCUT2D eigenvalue weighted by Crippen LogP contribution is -2.35. The molecular formula is C19H22N4OS. The summed E-state index contributed by atoms with van der Waals surface area (Å²) >= 11 is 1.81. The Morgan fingerprint density at radius 2 is 2.08 bits per heavy atom. The number of aromatic nitrogens is 3. The van der Waals surface area contributed by atoms with Crippen molar-refractivity contribution < 1.29 is 4.74 Å². The molecule has 4 rings (SSSR count). The molecule has 1 aliphatic heterocycles. The van der Waals surface area contributed by atoms with E-state index in [0.29, 0.717) is 19.1 Å². The second kappa shape index (κ2) is 7.47. The van der Waals surface area contributed by atoms with Gasteiger partial charge in [-0.25, -0.2) is 0 Å². The van der Waals surface area contributed by atoms with E-state index in [1.54, 1.807) is 11.3 Å². The van der Waals surface area contributed by atoms with Crippen LogP contribution in [0.4, 0.5) is 0 Å². The lowest BCUT2D eigenvalue weighted by Gasteiger charge is -2.31. The lowest BCUT2D eigenvalue weighted by molar-refractivity contribution is 0.0832. The van der Waals surface area contributed by atoms with Gasteiger partial charge in [-0.2, -0.15) is 0 Å². The molecule has 2 aromatic heterocycles. The summed E-state index contributed by atoms with van der Waals surface area (Å²) in [5.41, 5.74) is 3.51. The van der Waals surface area contributed by atoms with E-state index in [4.69, 9.17) is 4.74 Å². The zero-order valence-electron chi connectivity index (χ0n) is 14.3. The number of fused-ring (bicyclic) bond motifs is 1. The molecule has 0 fully saturated rings. The molecule has 5 nitrogen and oxygen atoms in total. The molecule has 25 heavy (non-hydrogen) atoms. The van der Waals surface area contributed by atoms with Crippen molar-refractivity contribution >= 4 is 11.3 Å². The summed E-state index contributed by atoms with van der Waals surface area (Å²) in [7, 11) is 1.98. The van der Waals surface area contributed by atoms with Gasteiger partial charge in [-0.1, -0.05) is 41.6 Å². The SMILES string of the molecule is Cn1nnc2c1[C@@H](COCc1ccccc1)CN(Cc1cccs1)C2. The number of thiophene rings is 1. The fourth-order valence-electron chi connectivity index (χ4n) is 3.46. The van der Waals surface area contributed by atoms with Crippen molar-refractivity contribution in [2.45, 2.75) is 25.6 Å². The maximum absolute atomic E-state index is 6.03. The summed E-state index contributed by atoms with van der Waals surface area (Å²) in [6, 6.07) is 14.6. The molecule has 1 aliphatic rings. The third-order valence-corrected chi connectivity index (χ3v) is 5.43. The normalized spacial score (nSPS) is 17.6. The number of hydrogen-bond donors (Lipinski definition) is 0. The molecule has 1 aromatic carbocycles. The Morgan fingerprint density at radius 1 is 1.20 bits per heavy atom. The first kappa shape index (κ1) is 16.4. The monoisotopic (exact) mass is 354 g/mol. The van der Waals surface area contributed by atoms with Crippen LogP contribution in [0.15, 0.2) is 47.8 Å². The Morgan fingerprint density at radius 3 is 2.88 bits per heavy atom. The average molecular weight is 354 g/mol. The third kappa shape index (κ3) is 3.81. The van der Waals surface area contributed by atoms with Gasteiger partial charge in [0.25, 0.3) is 0 Å². The minimum absolute atomic E-state index is 0.299. The zero-order chi connectivity index (χ0) is 17.1. The second-order valence-electron chi connectivity index (χ2n) is 6.49. The van der Waals surface area contributed by atoms with Crippen molar-refractivity contribution in [2.24, 2.45) is 7.05 Å². The van der Waals surface area contributed by atoms with Gasteiger partial charge in [0.1, 0.15) is 5.69 Å². The van der Waals surface area contributed by atoms with Gasteiger partial charge in [0, 0.05) is 37.5 Å². The zero-order valence-corrected chi connectivity index (χ0v) is 15.2. The van der Waals surface area contributed by atoms with Gasteiger partial charge in [-0.3, -0.25) is 9.58 Å². The molecule has 0 unspecified atom stereocenters. The van der Waals surface area contributed by atoms with Crippen LogP contribution in [0.2, 0.25) is 0 Å². The Labute approximate surface area is 151 Å². The summed E-state index contributed by atoms with van der Waals surface area (Å²) < 4.78 is 7.94. The van der Waals surface area contributed by atoms with Crippen molar-refractivity contribution in [1.29, 1.82) is 0 Å². The summed E-state index contributed by atoms with van der Waals surface area (Å²) in [5, 5.41) is 10.7. The highest BCUT2D eigenvalue weighted by molar-refractivity contribution is 7.09. The van der Waals surface area contributed by atoms with Gasteiger partial charge in [0.05, 0.1) is 18.9 Å². The van der Waals surface area contributed by atoms with E-state index in [-0.39, 0.29) is 0 Å². The van der Waals surface area contributed by atoms with Gasteiger partial charge < -0.3 is 4.74 Å². The minimum Gasteiger partial charge on any atom is -0.376 e. The van der Waals surface area contributed by atoms with Crippen molar-refractivity contribution in [3.63, 3.8) is 0 Å². The van der Waals surface area contributed by atoms with Gasteiger partial charge in [0.2, 0.25) is 0 Å². The average Bonchev–Trinajstić information content (AvgIpc) is 3.26. The summed E-state index contributed by atoms with van der Waals surface area (Å²) in [5.74, 6) is 0.299. The van der Waals surface area contributed by atoms with Crippen molar-refractivity contribution in [3.8, 4) is 0 Å². The van der Waals surface area contributed by atoms with Crippen LogP contribution in [-0.2, 0) is 31.5 Å². The second-order valence-corrected chi connectivity index (χ2v) is 7.52. The highest BCUT2D eigenvalue weighted by Crippen LogP contribution is 2.28. The molecule has 0 bridgehead atoms. The van der Waals surface area contributed by atoms with Crippen LogP contribution in [0.5, 0.6) is 0 Å². The Balaban J connectivity index is 1.44. The van der Waals surface area contributed by atoms with Gasteiger partial charge in [-0.05, 0) is 17.0 Å². The van der Waals surface area contributed by atoms with Crippen LogP contribution in [-0.4, -0.2) is 33.0 Å². The molecule has 0 saturated carbocycles. The van der Waals surface area contributed by atoms with E-state index in [9.17, 15) is 0 Å². The summed E-state index contributed by atoms with van der Waals surface area (Å²) in [6.07, 6.45) is 0. The van der Waals surface area contributed by atoms with Crippen molar-refractivity contribution in [1.82, 2.24) is 19.9 Å². The third-order valence-electron chi connectivity index (χ3n) is 4.57. The molecular weight excluding hydrogens is 332 g/mol. The van der Waals surface area contributed by atoms with Crippen LogP contribution in [0.1, 0.15) is 27.7 Å². The minimum atomic E-state index is 0.299. The summed E-state index contributed by atoms with van der Waals surface area (Å²) in [6.45, 7) is 4.12. The van der Waals surface area contributed by atoms with E-state index < -0.39 is 0 Å². The highest BCUT2D eigenvalue weighted by Gasteiger charge is 2.30. The fraction of sp³-hybridized carbons (Fsp3) is 0.368. The maximum atomic E-state index is 6.03. The van der Waals surface area contributed by atoms with E-state index in [1.807, 2.05) is 29.9 Å². The molecule has 0 saturated heterocycles. The number of rotatable bonds is 6. The standard InChI is InChI=1S/C19H22N4OS/c1-22-19-16(14-24-13-15-6-3-2-4-7-15)10-23(12-18(19)20-21-22)11-17-8-5-9-25-17/h2-9,16H,10-14H2,1H3/t16-/m1/s1. The Kier molecular flexibility index (Phi) is 4.92. The van der Waals surface area contributed by atoms with Gasteiger partial charge in [0.15, 0.2) is 0 Å². The highest BCUT2D eigenvalue weighted by atomic mass is 32.1. The van der Waals surface area contributed by atoms with E-state index >= 15 is 0 Å². The first-order valence-corrected chi connectivity index (χ1v) is 9.42. The van der Waals surface area contributed by atoms with Crippen LogP contribution in [0, 0.1) is 0 Å². The summed E-state index contributed by atoms with van der Waals surface area (Å²) in [4.78, 5) is 3.83. The van der Waals surface area contributed by atoms with Crippen molar-refractivity contribution in [3.05, 3.63) is 69.7 Å². The first-order chi connectivity index (χ1) is 12.3. The number of benzene rings is 1. The predicted octanol–water partition coefficient (Wildman–Crippen LogP) is 3.19. The van der Waals surface area contributed by atoms with E-state index in [1.165, 1.54) is 16.1 Å². The van der Waals surface area contributed by atoms with Crippen molar-refractivity contribution in [2.75, 3.05) is 13.2 Å². The molecule has 0 radical (unpaired) electrons. The van der Waals surface area contributed by atoms with Gasteiger partial charge >= 0.3 is 0 Å². The topological polar surface area (TPSA) is 43.2 Å². The van der Waals surface area contributed by atoms with Crippen LogP contribution in [0.25, 0.3) is 0 Å². The van der Waals surface area contributed by atoms with E-state index in [2.05, 4.69) is 44.9 Å². The molecule has 1 atom stereocenters. The fourth-order valence-corrected chi connectivity index (χ4v) is 4.21. The molecule has 0 spiro atoms. The molecule has 130 valence electrons. The van der Waals surface area contributed by atoms with Gasteiger partial charge in [-0.15, -0.1) is 16.4 Å². The molecule has 0 aliphatic carbocycles. The molecule has 3 heterocycles. The quantitative estimate of drug-likeness (QED) is 0.682. The van der Waals surface area contributed by atoms with Crippen LogP contribution >= 0.6 is 11.3 Å². The number of nitrogens with zero attached hydrogens (tertiary/aromatic N) is 4. The molecule has 0 N–H and O–H groups in total. The first-order valence-electron chi connectivity index (χ1n) is 8.54. The maximum Gasteiger partial charge on any atom is 0.100 e. The molecule has 0 amide bonds. The Bertz CT molecular complexity index is 800. The van der Waals surface area contributed by atoms with Crippen LogP contribution in [0.3, 0.4) is 0 Å². The Hall–Kier alpha value is -2.02. The van der Waals surface area contributed by atoms with E-state index in [0.717, 1.165) is 25.3 Å². The largest absolute Gasteiger partial charge is 0.376 e. The number of ether oxygens (including phenoxy) is 1. The lowest BCUT2D eigenvalue weighted by atomic mass is 9.99. The molecule has 3 aromatic rings. The molecule has 6 heteroatoms.